The number of benzene rings is 1. The Bertz CT molecular complexity index is 702. The minimum Gasteiger partial charge on any atom is -0.358 e. The zero-order valence-electron chi connectivity index (χ0n) is 18.0. The second-order valence-electron chi connectivity index (χ2n) is 9.06. The molecule has 156 valence electrons. The average molecular weight is 402 g/mol. The molecule has 2 heteroatoms. The van der Waals surface area contributed by atoms with Crippen LogP contribution in [0.2, 0.25) is 5.02 Å². The van der Waals surface area contributed by atoms with Gasteiger partial charge in [-0.25, -0.2) is 0 Å². The van der Waals surface area contributed by atoms with E-state index in [1.165, 1.54) is 119 Å². The van der Waals surface area contributed by atoms with Crippen LogP contribution in [0.1, 0.15) is 108 Å². The first-order valence-electron chi connectivity index (χ1n) is 12.1. The first kappa shape index (κ1) is 21.8. The molecule has 0 fully saturated rings. The SMILES string of the molecule is CCCCCCCCCCCCCCC1CCc2[nH]c3cc(Cl)ccc3c2C1. The van der Waals surface area contributed by atoms with Gasteiger partial charge in [-0.2, -0.15) is 0 Å². The minimum absolute atomic E-state index is 0.833. The van der Waals surface area contributed by atoms with Gasteiger partial charge in [-0.3, -0.25) is 0 Å². The highest BCUT2D eigenvalue weighted by Crippen LogP contribution is 2.34. The molecule has 1 aromatic heterocycles. The smallest absolute Gasteiger partial charge is 0.0473 e. The maximum atomic E-state index is 6.15. The molecule has 0 radical (unpaired) electrons. The number of hydrogen-bond acceptors (Lipinski definition) is 0. The number of H-pyrrole nitrogens is 1. The Morgan fingerprint density at radius 2 is 1.54 bits per heavy atom. The van der Waals surface area contributed by atoms with Gasteiger partial charge in [-0.15, -0.1) is 0 Å². The van der Waals surface area contributed by atoms with Crippen LogP contribution in [0.15, 0.2) is 18.2 Å². The van der Waals surface area contributed by atoms with E-state index in [1.807, 2.05) is 6.07 Å². The maximum absolute atomic E-state index is 6.15. The predicted octanol–water partition coefficient (Wildman–Crippen LogP) is 9.02. The number of unbranched alkanes of at least 4 members (excludes halogenated alkanes) is 11. The van der Waals surface area contributed by atoms with E-state index in [0.29, 0.717) is 0 Å². The van der Waals surface area contributed by atoms with E-state index in [9.17, 15) is 0 Å². The van der Waals surface area contributed by atoms with Gasteiger partial charge in [0.1, 0.15) is 0 Å². The van der Waals surface area contributed by atoms with Crippen molar-refractivity contribution in [3.8, 4) is 0 Å². The molecule has 1 atom stereocenters. The van der Waals surface area contributed by atoms with Gasteiger partial charge in [0.15, 0.2) is 0 Å². The van der Waals surface area contributed by atoms with Crippen molar-refractivity contribution in [2.45, 2.75) is 110 Å². The molecule has 28 heavy (non-hydrogen) atoms. The van der Waals surface area contributed by atoms with E-state index < -0.39 is 0 Å². The van der Waals surface area contributed by atoms with Crippen molar-refractivity contribution >= 4 is 22.5 Å². The maximum Gasteiger partial charge on any atom is 0.0473 e. The Kier molecular flexibility index (Phi) is 9.25. The number of hydrogen-bond donors (Lipinski definition) is 1. The molecule has 1 aliphatic rings. The molecule has 1 aliphatic carbocycles. The van der Waals surface area contributed by atoms with Gasteiger partial charge in [0.2, 0.25) is 0 Å². The molecular weight excluding hydrogens is 362 g/mol. The first-order valence-corrected chi connectivity index (χ1v) is 12.4. The highest BCUT2D eigenvalue weighted by Gasteiger charge is 2.22. The van der Waals surface area contributed by atoms with E-state index in [4.69, 9.17) is 11.6 Å². The third-order valence-electron chi connectivity index (χ3n) is 6.72. The summed E-state index contributed by atoms with van der Waals surface area (Å²) in [6, 6.07) is 6.32. The van der Waals surface area contributed by atoms with Crippen LogP contribution in [0.4, 0.5) is 0 Å². The number of nitrogens with one attached hydrogen (secondary N) is 1. The highest BCUT2D eigenvalue weighted by molar-refractivity contribution is 6.31. The van der Waals surface area contributed by atoms with Crippen molar-refractivity contribution in [2.75, 3.05) is 0 Å². The monoisotopic (exact) mass is 401 g/mol. The first-order chi connectivity index (χ1) is 13.8. The van der Waals surface area contributed by atoms with Crippen LogP contribution in [-0.2, 0) is 12.8 Å². The molecule has 1 unspecified atom stereocenters. The summed E-state index contributed by atoms with van der Waals surface area (Å²) in [5, 5.41) is 2.23. The molecule has 1 aromatic carbocycles. The van der Waals surface area contributed by atoms with Crippen molar-refractivity contribution in [2.24, 2.45) is 5.92 Å². The summed E-state index contributed by atoms with van der Waals surface area (Å²) in [5.74, 6) is 0.880. The van der Waals surface area contributed by atoms with Crippen LogP contribution in [0.3, 0.4) is 0 Å². The number of aryl methyl sites for hydroxylation is 1. The third-order valence-corrected chi connectivity index (χ3v) is 6.95. The molecule has 0 aliphatic heterocycles. The summed E-state index contributed by atoms with van der Waals surface area (Å²) in [4.78, 5) is 3.61. The van der Waals surface area contributed by atoms with Gasteiger partial charge in [-0.05, 0) is 42.9 Å². The van der Waals surface area contributed by atoms with Crippen LogP contribution in [0.25, 0.3) is 10.9 Å². The average Bonchev–Trinajstić information content (AvgIpc) is 3.05. The summed E-state index contributed by atoms with van der Waals surface area (Å²) in [6.45, 7) is 2.30. The molecular formula is C26H40ClN. The van der Waals surface area contributed by atoms with Crippen molar-refractivity contribution in [3.05, 3.63) is 34.5 Å². The van der Waals surface area contributed by atoms with E-state index in [-0.39, 0.29) is 0 Å². The molecule has 0 amide bonds. The van der Waals surface area contributed by atoms with Gasteiger partial charge in [-0.1, -0.05) is 108 Å². The topological polar surface area (TPSA) is 15.8 Å². The molecule has 0 saturated carbocycles. The molecule has 3 rings (SSSR count). The number of halogens is 1. The number of fused-ring (bicyclic) bond motifs is 3. The summed E-state index contributed by atoms with van der Waals surface area (Å²) in [6.07, 6.45) is 22.5. The molecule has 0 saturated heterocycles. The van der Waals surface area contributed by atoms with Crippen molar-refractivity contribution < 1.29 is 0 Å². The van der Waals surface area contributed by atoms with Crippen LogP contribution < -0.4 is 0 Å². The van der Waals surface area contributed by atoms with E-state index in [1.54, 1.807) is 5.56 Å². The Hall–Kier alpha value is -0.950. The van der Waals surface area contributed by atoms with Gasteiger partial charge >= 0.3 is 0 Å². The van der Waals surface area contributed by atoms with Crippen molar-refractivity contribution in [1.82, 2.24) is 4.98 Å². The largest absolute Gasteiger partial charge is 0.358 e. The highest BCUT2D eigenvalue weighted by atomic mass is 35.5. The van der Waals surface area contributed by atoms with Gasteiger partial charge in [0.25, 0.3) is 0 Å². The van der Waals surface area contributed by atoms with Gasteiger partial charge < -0.3 is 4.98 Å². The lowest BCUT2D eigenvalue weighted by molar-refractivity contribution is 0.403. The van der Waals surface area contributed by atoms with Crippen LogP contribution >= 0.6 is 11.6 Å². The summed E-state index contributed by atoms with van der Waals surface area (Å²) in [5.41, 5.74) is 4.26. The fourth-order valence-electron chi connectivity index (χ4n) is 4.99. The molecule has 0 bridgehead atoms. The van der Waals surface area contributed by atoms with Crippen molar-refractivity contribution in [3.63, 3.8) is 0 Å². The van der Waals surface area contributed by atoms with Crippen LogP contribution in [0, 0.1) is 5.92 Å². The Morgan fingerprint density at radius 1 is 0.893 bits per heavy atom. The third kappa shape index (κ3) is 6.55. The lowest BCUT2D eigenvalue weighted by atomic mass is 9.83. The second kappa shape index (κ2) is 11.9. The van der Waals surface area contributed by atoms with Crippen molar-refractivity contribution in [1.29, 1.82) is 0 Å². The zero-order valence-corrected chi connectivity index (χ0v) is 18.8. The minimum atomic E-state index is 0.833. The predicted molar refractivity (Wildman–Crippen MR) is 125 cm³/mol. The fraction of sp³-hybridized carbons (Fsp3) is 0.692. The lowest BCUT2D eigenvalue weighted by Crippen LogP contribution is -2.13. The van der Waals surface area contributed by atoms with E-state index >= 15 is 0 Å². The Morgan fingerprint density at radius 3 is 2.21 bits per heavy atom. The van der Waals surface area contributed by atoms with Crippen LogP contribution in [0.5, 0.6) is 0 Å². The summed E-state index contributed by atoms with van der Waals surface area (Å²) >= 11 is 6.15. The van der Waals surface area contributed by atoms with Gasteiger partial charge in [0.05, 0.1) is 0 Å². The molecule has 0 spiro atoms. The molecule has 1 N–H and O–H groups in total. The Labute approximate surface area is 177 Å². The van der Waals surface area contributed by atoms with Crippen LogP contribution in [-0.4, -0.2) is 4.98 Å². The number of aromatic amines is 1. The quantitative estimate of drug-likeness (QED) is 0.322. The lowest BCUT2D eigenvalue weighted by Gasteiger charge is -2.22. The Balaban J connectivity index is 1.25. The van der Waals surface area contributed by atoms with E-state index in [0.717, 1.165) is 10.9 Å². The molecule has 1 heterocycles. The molecule has 2 aromatic rings. The number of aromatic nitrogens is 1. The summed E-state index contributed by atoms with van der Waals surface area (Å²) in [7, 11) is 0. The van der Waals surface area contributed by atoms with Gasteiger partial charge in [0, 0.05) is 21.6 Å². The normalized spacial score (nSPS) is 16.6. The van der Waals surface area contributed by atoms with E-state index in [2.05, 4.69) is 24.0 Å². The standard InChI is InChI=1S/C26H40ClN/c1-2-3-4-5-6-7-8-9-10-11-12-13-14-21-15-18-25-24(19-21)23-17-16-22(27)20-26(23)28-25/h16-17,20-21,28H,2-15,18-19H2,1H3. The summed E-state index contributed by atoms with van der Waals surface area (Å²) < 4.78 is 0. The fourth-order valence-corrected chi connectivity index (χ4v) is 5.16. The second-order valence-corrected chi connectivity index (χ2v) is 9.50. The molecule has 1 nitrogen and oxygen atoms in total. The number of rotatable bonds is 13. The zero-order chi connectivity index (χ0) is 19.6.